The van der Waals surface area contributed by atoms with Gasteiger partial charge >= 0.3 is 0 Å². The summed E-state index contributed by atoms with van der Waals surface area (Å²) in [6.07, 6.45) is 2.68. The standard InChI is InChI=1S/C22H23NO5S/c1-22(13-24,14-28-29(2,25)26)23-12-16-11-20-19(18-6-4-3-5-17(16)18)8-7-15-9-10-27-21(15)20/h3-11,23-24H,12-14H2,1-2H3. The summed E-state index contributed by atoms with van der Waals surface area (Å²) >= 11 is 0. The number of furan rings is 1. The molecule has 2 N–H and O–H groups in total. The van der Waals surface area contributed by atoms with Crippen molar-refractivity contribution >= 4 is 42.6 Å². The van der Waals surface area contributed by atoms with Gasteiger partial charge in [0, 0.05) is 17.3 Å². The third-order valence-corrected chi connectivity index (χ3v) is 5.73. The van der Waals surface area contributed by atoms with Crippen LogP contribution in [0.1, 0.15) is 12.5 Å². The van der Waals surface area contributed by atoms with E-state index >= 15 is 0 Å². The molecule has 6 nitrogen and oxygen atoms in total. The first kappa shape index (κ1) is 19.8. The molecule has 1 aromatic heterocycles. The van der Waals surface area contributed by atoms with Crippen molar-refractivity contribution in [3.05, 3.63) is 60.4 Å². The van der Waals surface area contributed by atoms with Crippen LogP contribution in [0.15, 0.2) is 59.2 Å². The highest BCUT2D eigenvalue weighted by Gasteiger charge is 2.25. The lowest BCUT2D eigenvalue weighted by atomic mass is 9.95. The number of hydrogen-bond donors (Lipinski definition) is 2. The summed E-state index contributed by atoms with van der Waals surface area (Å²) in [6, 6.07) is 16.3. The van der Waals surface area contributed by atoms with E-state index in [0.29, 0.717) is 6.54 Å². The fraction of sp³-hybridized carbons (Fsp3) is 0.273. The molecule has 3 aromatic carbocycles. The minimum atomic E-state index is -3.60. The van der Waals surface area contributed by atoms with E-state index in [4.69, 9.17) is 8.60 Å². The zero-order chi connectivity index (χ0) is 20.6. The van der Waals surface area contributed by atoms with Gasteiger partial charge < -0.3 is 14.8 Å². The normalized spacial score (nSPS) is 14.6. The van der Waals surface area contributed by atoms with Gasteiger partial charge in [0.1, 0.15) is 5.58 Å². The highest BCUT2D eigenvalue weighted by atomic mass is 32.2. The predicted molar refractivity (Wildman–Crippen MR) is 114 cm³/mol. The zero-order valence-electron chi connectivity index (χ0n) is 16.3. The van der Waals surface area contributed by atoms with E-state index < -0.39 is 15.7 Å². The molecule has 0 saturated carbocycles. The second-order valence-corrected chi connectivity index (χ2v) is 9.26. The van der Waals surface area contributed by atoms with Crippen LogP contribution in [0, 0.1) is 0 Å². The van der Waals surface area contributed by atoms with Gasteiger partial charge in [-0.3, -0.25) is 4.18 Å². The molecule has 7 heteroatoms. The first-order valence-electron chi connectivity index (χ1n) is 9.30. The second kappa shape index (κ2) is 7.42. The second-order valence-electron chi connectivity index (χ2n) is 7.62. The smallest absolute Gasteiger partial charge is 0.264 e. The van der Waals surface area contributed by atoms with Crippen molar-refractivity contribution in [2.75, 3.05) is 19.5 Å². The summed E-state index contributed by atoms with van der Waals surface area (Å²) in [7, 11) is -3.60. The zero-order valence-corrected chi connectivity index (χ0v) is 17.1. The molecule has 1 unspecified atom stereocenters. The summed E-state index contributed by atoms with van der Waals surface area (Å²) in [5.41, 5.74) is 0.950. The van der Waals surface area contributed by atoms with E-state index in [1.807, 2.05) is 18.2 Å². The Morgan fingerprint density at radius 2 is 1.79 bits per heavy atom. The Morgan fingerprint density at radius 3 is 2.52 bits per heavy atom. The molecule has 0 saturated heterocycles. The molecule has 0 aliphatic heterocycles. The molecular formula is C22H23NO5S. The minimum Gasteiger partial charge on any atom is -0.464 e. The lowest BCUT2D eigenvalue weighted by Crippen LogP contribution is -2.49. The van der Waals surface area contributed by atoms with Crippen molar-refractivity contribution < 1.29 is 22.1 Å². The SMILES string of the molecule is CC(CO)(COS(C)(=O)=O)NCc1cc2c(ccc3ccoc32)c2ccccc12. The topological polar surface area (TPSA) is 88.8 Å². The molecule has 0 aliphatic rings. The van der Waals surface area contributed by atoms with Gasteiger partial charge in [-0.15, -0.1) is 0 Å². The maximum atomic E-state index is 11.3. The molecule has 1 atom stereocenters. The maximum absolute atomic E-state index is 11.3. The molecule has 29 heavy (non-hydrogen) atoms. The Hall–Kier alpha value is -2.45. The van der Waals surface area contributed by atoms with Crippen LogP contribution >= 0.6 is 0 Å². The summed E-state index contributed by atoms with van der Waals surface area (Å²) in [5, 5.41) is 18.4. The molecule has 0 radical (unpaired) electrons. The van der Waals surface area contributed by atoms with Crippen molar-refractivity contribution in [2.45, 2.75) is 19.0 Å². The molecule has 0 bridgehead atoms. The summed E-state index contributed by atoms with van der Waals surface area (Å²) < 4.78 is 33.3. The molecule has 4 rings (SSSR count). The molecule has 0 spiro atoms. The van der Waals surface area contributed by atoms with Gasteiger partial charge in [-0.1, -0.05) is 36.4 Å². The monoisotopic (exact) mass is 413 g/mol. The highest BCUT2D eigenvalue weighted by Crippen LogP contribution is 2.34. The minimum absolute atomic E-state index is 0.156. The third kappa shape index (κ3) is 4.00. The number of nitrogens with one attached hydrogen (secondary N) is 1. The molecule has 152 valence electrons. The Balaban J connectivity index is 1.76. The predicted octanol–water partition coefficient (Wildman–Crippen LogP) is 3.56. The van der Waals surface area contributed by atoms with Crippen molar-refractivity contribution in [1.29, 1.82) is 0 Å². The number of aliphatic hydroxyl groups excluding tert-OH is 1. The van der Waals surface area contributed by atoms with E-state index in [1.165, 1.54) is 0 Å². The quantitative estimate of drug-likeness (QED) is 0.356. The van der Waals surface area contributed by atoms with Crippen LogP contribution in [0.3, 0.4) is 0 Å². The van der Waals surface area contributed by atoms with E-state index in [9.17, 15) is 13.5 Å². The van der Waals surface area contributed by atoms with Gasteiger partial charge in [0.15, 0.2) is 0 Å². The van der Waals surface area contributed by atoms with E-state index in [2.05, 4.69) is 35.6 Å². The van der Waals surface area contributed by atoms with Crippen LogP contribution in [-0.4, -0.2) is 38.5 Å². The lowest BCUT2D eigenvalue weighted by molar-refractivity contribution is 0.118. The Labute approximate surface area is 169 Å². The Kier molecular flexibility index (Phi) is 5.08. The number of rotatable bonds is 7. The molecule has 0 amide bonds. The molecule has 1 heterocycles. The van der Waals surface area contributed by atoms with Crippen LogP contribution in [0.25, 0.3) is 32.5 Å². The third-order valence-electron chi connectivity index (χ3n) is 5.19. The van der Waals surface area contributed by atoms with Crippen molar-refractivity contribution in [1.82, 2.24) is 5.32 Å². The first-order chi connectivity index (χ1) is 13.8. The van der Waals surface area contributed by atoms with E-state index in [-0.39, 0.29) is 13.2 Å². The van der Waals surface area contributed by atoms with Gasteiger partial charge in [0.05, 0.1) is 31.3 Å². The fourth-order valence-electron chi connectivity index (χ4n) is 3.53. The van der Waals surface area contributed by atoms with Gasteiger partial charge in [0.2, 0.25) is 0 Å². The van der Waals surface area contributed by atoms with Crippen LogP contribution < -0.4 is 5.32 Å². The molecule has 0 aliphatic carbocycles. The number of aliphatic hydroxyl groups is 1. The number of hydrogen-bond acceptors (Lipinski definition) is 6. The average molecular weight is 413 g/mol. The fourth-order valence-corrected chi connectivity index (χ4v) is 4.00. The Morgan fingerprint density at radius 1 is 1.07 bits per heavy atom. The van der Waals surface area contributed by atoms with Crippen molar-refractivity contribution in [3.63, 3.8) is 0 Å². The molecule has 0 fully saturated rings. The number of fused-ring (bicyclic) bond motifs is 5. The number of benzene rings is 3. The largest absolute Gasteiger partial charge is 0.464 e. The summed E-state index contributed by atoms with van der Waals surface area (Å²) in [4.78, 5) is 0. The van der Waals surface area contributed by atoms with Crippen LogP contribution in [0.2, 0.25) is 0 Å². The molecule has 4 aromatic rings. The maximum Gasteiger partial charge on any atom is 0.264 e. The van der Waals surface area contributed by atoms with Crippen molar-refractivity contribution in [3.8, 4) is 0 Å². The summed E-state index contributed by atoms with van der Waals surface area (Å²) in [6.45, 7) is 1.73. The first-order valence-corrected chi connectivity index (χ1v) is 11.1. The lowest BCUT2D eigenvalue weighted by Gasteiger charge is -2.28. The highest BCUT2D eigenvalue weighted by molar-refractivity contribution is 7.85. The van der Waals surface area contributed by atoms with Gasteiger partial charge in [-0.2, -0.15) is 8.42 Å². The summed E-state index contributed by atoms with van der Waals surface area (Å²) in [5.74, 6) is 0. The Bertz CT molecular complexity index is 1290. The van der Waals surface area contributed by atoms with E-state index in [0.717, 1.165) is 44.3 Å². The van der Waals surface area contributed by atoms with Crippen LogP contribution in [0.4, 0.5) is 0 Å². The average Bonchev–Trinajstić information content (AvgIpc) is 3.19. The van der Waals surface area contributed by atoms with E-state index in [1.54, 1.807) is 13.2 Å². The van der Waals surface area contributed by atoms with Gasteiger partial charge in [0.25, 0.3) is 10.1 Å². The van der Waals surface area contributed by atoms with Crippen molar-refractivity contribution in [2.24, 2.45) is 0 Å². The van der Waals surface area contributed by atoms with Crippen LogP contribution in [-0.2, 0) is 20.8 Å². The molecular weight excluding hydrogens is 390 g/mol. The van der Waals surface area contributed by atoms with Gasteiger partial charge in [-0.25, -0.2) is 0 Å². The van der Waals surface area contributed by atoms with Crippen LogP contribution in [0.5, 0.6) is 0 Å². The van der Waals surface area contributed by atoms with Gasteiger partial charge in [-0.05, 0) is 40.8 Å².